The Labute approximate surface area is 104 Å². The van der Waals surface area contributed by atoms with Gasteiger partial charge in [-0.1, -0.05) is 0 Å². The van der Waals surface area contributed by atoms with Crippen LogP contribution in [-0.4, -0.2) is 17.4 Å². The molecule has 0 saturated carbocycles. The number of carbonyl (C=O) groups excluding carboxylic acids is 1. The number of thiophene rings is 1. The Kier molecular flexibility index (Phi) is 4.84. The van der Waals surface area contributed by atoms with Crippen LogP contribution in [0.4, 0.5) is 0 Å². The molecule has 8 heteroatoms. The molecule has 0 fully saturated rings. The Hall–Kier alpha value is -0.990. The van der Waals surface area contributed by atoms with Gasteiger partial charge in [-0.3, -0.25) is 14.9 Å². The third-order valence-corrected chi connectivity index (χ3v) is 3.41. The summed E-state index contributed by atoms with van der Waals surface area (Å²) in [7, 11) is 0. The number of hydrogen-bond acceptors (Lipinski definition) is 6. The summed E-state index contributed by atoms with van der Waals surface area (Å²) in [5.41, 5.74) is 2.38. The van der Waals surface area contributed by atoms with E-state index in [9.17, 15) is 14.9 Å². The van der Waals surface area contributed by atoms with Gasteiger partial charge in [0.2, 0.25) is 6.54 Å². The van der Waals surface area contributed by atoms with E-state index in [0.29, 0.717) is 0 Å². The summed E-state index contributed by atoms with van der Waals surface area (Å²) < 4.78 is 0.838. The Balaban J connectivity index is 2.70. The molecule has 0 aromatic carbocycles. The van der Waals surface area contributed by atoms with Crippen LogP contribution in [0.5, 0.6) is 0 Å². The van der Waals surface area contributed by atoms with E-state index in [0.717, 1.165) is 9.35 Å². The van der Waals surface area contributed by atoms with Crippen LogP contribution in [-0.2, 0) is 9.63 Å². The fraction of sp³-hybridized carbons (Fsp3) is 0.375. The number of carbonyl (C=O) groups is 1. The molecule has 6 nitrogen and oxygen atoms in total. The molecule has 1 atom stereocenters. The van der Waals surface area contributed by atoms with Crippen molar-refractivity contribution in [3.05, 3.63) is 30.9 Å². The third-order valence-electron chi connectivity index (χ3n) is 1.61. The maximum absolute atomic E-state index is 10.6. The Bertz CT molecular complexity index is 395. The lowest BCUT2D eigenvalue weighted by molar-refractivity contribution is -0.486. The number of nitrogens with zero attached hydrogens (tertiary/aromatic N) is 1. The molecule has 0 radical (unpaired) electrons. The zero-order chi connectivity index (χ0) is 12.1. The molecule has 1 rings (SSSR count). The monoisotopic (exact) mass is 308 g/mol. The smallest absolute Gasteiger partial charge is 0.321 e. The van der Waals surface area contributed by atoms with E-state index in [2.05, 4.69) is 26.2 Å². The van der Waals surface area contributed by atoms with Crippen molar-refractivity contribution in [2.24, 2.45) is 0 Å². The van der Waals surface area contributed by atoms with Crippen molar-refractivity contribution in [1.82, 2.24) is 5.48 Å². The van der Waals surface area contributed by atoms with Crippen LogP contribution in [0.1, 0.15) is 17.8 Å². The predicted molar refractivity (Wildman–Crippen MR) is 61.5 cm³/mol. The SMILES string of the molecule is CC(=O)ONC(C[N+](=O)[O-])c1cc(Br)cs1. The molecule has 0 aliphatic heterocycles. The molecule has 0 saturated heterocycles. The van der Waals surface area contributed by atoms with Gasteiger partial charge in [-0.05, 0) is 22.0 Å². The first-order valence-electron chi connectivity index (χ1n) is 4.27. The van der Waals surface area contributed by atoms with Crippen molar-refractivity contribution in [3.63, 3.8) is 0 Å². The zero-order valence-corrected chi connectivity index (χ0v) is 10.7. The van der Waals surface area contributed by atoms with Crippen molar-refractivity contribution in [3.8, 4) is 0 Å². The van der Waals surface area contributed by atoms with Crippen LogP contribution < -0.4 is 5.48 Å². The number of hydrogen-bond donors (Lipinski definition) is 1. The third kappa shape index (κ3) is 4.25. The van der Waals surface area contributed by atoms with Gasteiger partial charge in [0.15, 0.2) is 0 Å². The fourth-order valence-electron chi connectivity index (χ4n) is 1.000. The Morgan fingerprint density at radius 3 is 2.94 bits per heavy atom. The van der Waals surface area contributed by atoms with Crippen LogP contribution in [0.25, 0.3) is 0 Å². The average molecular weight is 309 g/mol. The van der Waals surface area contributed by atoms with Crippen LogP contribution in [0, 0.1) is 10.1 Å². The van der Waals surface area contributed by atoms with Crippen molar-refractivity contribution < 1.29 is 14.6 Å². The zero-order valence-electron chi connectivity index (χ0n) is 8.31. The average Bonchev–Trinajstić information content (AvgIpc) is 2.58. The first kappa shape index (κ1) is 13.1. The van der Waals surface area contributed by atoms with E-state index in [-0.39, 0.29) is 6.54 Å². The molecule has 0 spiro atoms. The first-order valence-corrected chi connectivity index (χ1v) is 5.95. The minimum atomic E-state index is -0.629. The van der Waals surface area contributed by atoms with Crippen LogP contribution in [0.2, 0.25) is 0 Å². The first-order chi connectivity index (χ1) is 7.49. The molecule has 1 unspecified atom stereocenters. The van der Waals surface area contributed by atoms with E-state index in [1.807, 2.05) is 0 Å². The van der Waals surface area contributed by atoms with Crippen LogP contribution in [0.3, 0.4) is 0 Å². The van der Waals surface area contributed by atoms with E-state index >= 15 is 0 Å². The summed E-state index contributed by atoms with van der Waals surface area (Å²) in [5.74, 6) is -0.538. The van der Waals surface area contributed by atoms with Crippen molar-refractivity contribution >= 4 is 33.2 Å². The summed E-state index contributed by atoms with van der Waals surface area (Å²) in [6.07, 6.45) is 0. The molecule has 16 heavy (non-hydrogen) atoms. The van der Waals surface area contributed by atoms with Gasteiger partial charge in [0.25, 0.3) is 0 Å². The topological polar surface area (TPSA) is 81.5 Å². The highest BCUT2D eigenvalue weighted by Gasteiger charge is 2.20. The van der Waals surface area contributed by atoms with Gasteiger partial charge in [-0.2, -0.15) is 0 Å². The minimum Gasteiger partial charge on any atom is -0.370 e. The maximum atomic E-state index is 10.6. The van der Waals surface area contributed by atoms with E-state index < -0.39 is 16.9 Å². The van der Waals surface area contributed by atoms with Crippen molar-refractivity contribution in [1.29, 1.82) is 0 Å². The van der Waals surface area contributed by atoms with Gasteiger partial charge in [0, 0.05) is 26.6 Å². The second kappa shape index (κ2) is 5.92. The fourth-order valence-corrected chi connectivity index (χ4v) is 2.48. The van der Waals surface area contributed by atoms with E-state index in [4.69, 9.17) is 0 Å². The number of rotatable bonds is 5. The van der Waals surface area contributed by atoms with Gasteiger partial charge in [0.1, 0.15) is 6.04 Å². The Morgan fingerprint density at radius 2 is 2.50 bits per heavy atom. The molecule has 88 valence electrons. The standard InChI is InChI=1S/C8H9BrN2O4S/c1-5(12)15-10-7(3-11(13)14)8-2-6(9)4-16-8/h2,4,7,10H,3H2,1H3. The number of nitro groups is 1. The number of halogens is 1. The molecular formula is C8H9BrN2O4S. The van der Waals surface area contributed by atoms with Crippen LogP contribution in [0.15, 0.2) is 15.9 Å². The quantitative estimate of drug-likeness (QED) is 0.663. The molecule has 1 N–H and O–H groups in total. The van der Waals surface area contributed by atoms with Gasteiger partial charge in [-0.15, -0.1) is 16.8 Å². The summed E-state index contributed by atoms with van der Waals surface area (Å²) >= 11 is 4.60. The van der Waals surface area contributed by atoms with Gasteiger partial charge in [-0.25, -0.2) is 0 Å². The van der Waals surface area contributed by atoms with Crippen LogP contribution >= 0.6 is 27.3 Å². The largest absolute Gasteiger partial charge is 0.370 e. The second-order valence-corrected chi connectivity index (χ2v) is 4.81. The molecule has 0 amide bonds. The Morgan fingerprint density at radius 1 is 1.81 bits per heavy atom. The van der Waals surface area contributed by atoms with Gasteiger partial charge >= 0.3 is 5.97 Å². The van der Waals surface area contributed by atoms with E-state index in [1.54, 1.807) is 11.4 Å². The molecule has 1 aromatic rings. The van der Waals surface area contributed by atoms with E-state index in [1.165, 1.54) is 18.3 Å². The highest BCUT2D eigenvalue weighted by Crippen LogP contribution is 2.25. The summed E-state index contributed by atoms with van der Waals surface area (Å²) in [6, 6.07) is 1.12. The molecule has 1 heterocycles. The second-order valence-electron chi connectivity index (χ2n) is 2.95. The van der Waals surface area contributed by atoms with Crippen molar-refractivity contribution in [2.45, 2.75) is 13.0 Å². The van der Waals surface area contributed by atoms with Gasteiger partial charge in [0.05, 0.1) is 0 Å². The molecule has 0 aliphatic carbocycles. The van der Waals surface area contributed by atoms with Crippen molar-refractivity contribution in [2.75, 3.05) is 6.54 Å². The number of hydroxylamine groups is 1. The lowest BCUT2D eigenvalue weighted by Gasteiger charge is -2.11. The lowest BCUT2D eigenvalue weighted by atomic mass is 10.2. The molecular weight excluding hydrogens is 300 g/mol. The highest BCUT2D eigenvalue weighted by molar-refractivity contribution is 9.10. The molecule has 1 aromatic heterocycles. The minimum absolute atomic E-state index is 0.347. The molecule has 0 bridgehead atoms. The predicted octanol–water partition coefficient (Wildman–Crippen LogP) is 1.90. The molecule has 0 aliphatic rings. The number of nitrogens with one attached hydrogen (secondary N) is 1. The summed E-state index contributed by atoms with van der Waals surface area (Å²) in [4.78, 5) is 25.9. The highest BCUT2D eigenvalue weighted by atomic mass is 79.9. The summed E-state index contributed by atoms with van der Waals surface area (Å²) in [5, 5.41) is 12.3. The maximum Gasteiger partial charge on any atom is 0.321 e. The van der Waals surface area contributed by atoms with Gasteiger partial charge < -0.3 is 4.84 Å². The summed E-state index contributed by atoms with van der Waals surface area (Å²) in [6.45, 7) is 0.876. The lowest BCUT2D eigenvalue weighted by Crippen LogP contribution is -2.28. The normalized spacial score (nSPS) is 12.1.